The number of rotatable bonds is 3. The fourth-order valence-corrected chi connectivity index (χ4v) is 3.59. The van der Waals surface area contributed by atoms with Gasteiger partial charge in [-0.2, -0.15) is 4.98 Å². The molecule has 28 heavy (non-hydrogen) atoms. The number of hydrogen-bond acceptors (Lipinski definition) is 6. The van der Waals surface area contributed by atoms with E-state index in [1.54, 1.807) is 22.8 Å². The van der Waals surface area contributed by atoms with Gasteiger partial charge in [0.05, 0.1) is 5.69 Å². The monoisotopic (exact) mass is 378 g/mol. The molecule has 3 aromatic rings. The lowest BCUT2D eigenvalue weighted by Gasteiger charge is -2.26. The Kier molecular flexibility index (Phi) is 3.93. The zero-order valence-electron chi connectivity index (χ0n) is 15.0. The SMILES string of the molecule is O=c1nc(OCC2COc3ccccc3O2)cc2n1CCc1cc(O)ccc1-2. The van der Waals surface area contributed by atoms with Crippen LogP contribution in [-0.2, 0) is 13.0 Å². The van der Waals surface area contributed by atoms with Gasteiger partial charge in [-0.3, -0.25) is 4.57 Å². The fourth-order valence-electron chi connectivity index (χ4n) is 3.59. The molecule has 0 amide bonds. The van der Waals surface area contributed by atoms with E-state index in [2.05, 4.69) is 4.98 Å². The summed E-state index contributed by atoms with van der Waals surface area (Å²) in [6.07, 6.45) is 0.380. The first-order valence-electron chi connectivity index (χ1n) is 9.13. The summed E-state index contributed by atoms with van der Waals surface area (Å²) in [5, 5.41) is 9.71. The van der Waals surface area contributed by atoms with Gasteiger partial charge in [0.15, 0.2) is 17.6 Å². The lowest BCUT2D eigenvalue weighted by molar-refractivity contribution is 0.0520. The van der Waals surface area contributed by atoms with Crippen LogP contribution in [0.25, 0.3) is 11.3 Å². The van der Waals surface area contributed by atoms with Crippen LogP contribution in [-0.4, -0.2) is 34.0 Å². The molecule has 2 aromatic carbocycles. The van der Waals surface area contributed by atoms with Gasteiger partial charge in [0.2, 0.25) is 5.88 Å². The molecule has 0 radical (unpaired) electrons. The molecule has 2 aliphatic rings. The third-order valence-electron chi connectivity index (χ3n) is 4.94. The van der Waals surface area contributed by atoms with Crippen LogP contribution < -0.4 is 19.9 Å². The highest BCUT2D eigenvalue weighted by atomic mass is 16.6. The van der Waals surface area contributed by atoms with Gasteiger partial charge < -0.3 is 19.3 Å². The summed E-state index contributed by atoms with van der Waals surface area (Å²) >= 11 is 0. The molecule has 7 heteroatoms. The van der Waals surface area contributed by atoms with Crippen LogP contribution in [0.1, 0.15) is 5.56 Å². The van der Waals surface area contributed by atoms with Crippen molar-refractivity contribution in [3.05, 3.63) is 64.6 Å². The van der Waals surface area contributed by atoms with Crippen molar-refractivity contribution in [2.24, 2.45) is 0 Å². The van der Waals surface area contributed by atoms with Crippen molar-refractivity contribution in [1.82, 2.24) is 9.55 Å². The number of fused-ring (bicyclic) bond motifs is 4. The second-order valence-corrected chi connectivity index (χ2v) is 6.81. The van der Waals surface area contributed by atoms with Gasteiger partial charge in [-0.05, 0) is 42.3 Å². The van der Waals surface area contributed by atoms with Crippen LogP contribution >= 0.6 is 0 Å². The quantitative estimate of drug-likeness (QED) is 0.754. The van der Waals surface area contributed by atoms with Gasteiger partial charge in [0, 0.05) is 18.2 Å². The zero-order chi connectivity index (χ0) is 19.1. The molecule has 1 aromatic heterocycles. The number of aromatic nitrogens is 2. The van der Waals surface area contributed by atoms with E-state index in [0.717, 1.165) is 16.8 Å². The van der Waals surface area contributed by atoms with E-state index in [1.165, 1.54) is 0 Å². The summed E-state index contributed by atoms with van der Waals surface area (Å²) in [5.74, 6) is 1.85. The predicted molar refractivity (Wildman–Crippen MR) is 101 cm³/mol. The van der Waals surface area contributed by atoms with Crippen molar-refractivity contribution >= 4 is 0 Å². The minimum Gasteiger partial charge on any atom is -0.508 e. The number of phenolic OH excluding ortho intramolecular Hbond substituents is 1. The van der Waals surface area contributed by atoms with E-state index in [4.69, 9.17) is 14.2 Å². The number of nitrogens with zero attached hydrogens (tertiary/aromatic N) is 2. The first kappa shape index (κ1) is 16.7. The van der Waals surface area contributed by atoms with Crippen molar-refractivity contribution in [1.29, 1.82) is 0 Å². The Morgan fingerprint density at radius 1 is 1.18 bits per heavy atom. The van der Waals surface area contributed by atoms with Gasteiger partial charge >= 0.3 is 5.69 Å². The third kappa shape index (κ3) is 2.94. The maximum atomic E-state index is 12.4. The molecule has 5 rings (SSSR count). The maximum absolute atomic E-state index is 12.4. The van der Waals surface area contributed by atoms with Gasteiger partial charge in [-0.15, -0.1) is 0 Å². The molecule has 0 aliphatic carbocycles. The molecule has 142 valence electrons. The normalized spacial score (nSPS) is 16.8. The number of aryl methyl sites for hydroxylation is 1. The van der Waals surface area contributed by atoms with E-state index in [9.17, 15) is 9.90 Å². The topological polar surface area (TPSA) is 82.8 Å². The van der Waals surface area contributed by atoms with Crippen molar-refractivity contribution in [3.63, 3.8) is 0 Å². The van der Waals surface area contributed by atoms with Crippen LogP contribution in [0.5, 0.6) is 23.1 Å². The van der Waals surface area contributed by atoms with Crippen LogP contribution in [0.3, 0.4) is 0 Å². The molecule has 0 fully saturated rings. The van der Waals surface area contributed by atoms with Crippen molar-refractivity contribution in [3.8, 4) is 34.4 Å². The molecule has 0 spiro atoms. The lowest BCUT2D eigenvalue weighted by atomic mass is 9.97. The van der Waals surface area contributed by atoms with E-state index in [1.807, 2.05) is 30.3 Å². The number of hydrogen-bond donors (Lipinski definition) is 1. The third-order valence-corrected chi connectivity index (χ3v) is 4.94. The number of benzene rings is 2. The van der Waals surface area contributed by atoms with Crippen molar-refractivity contribution < 1.29 is 19.3 Å². The van der Waals surface area contributed by atoms with Crippen molar-refractivity contribution in [2.75, 3.05) is 13.2 Å². The highest BCUT2D eigenvalue weighted by molar-refractivity contribution is 5.67. The zero-order valence-corrected chi connectivity index (χ0v) is 15.0. The molecule has 1 N–H and O–H groups in total. The molecule has 1 unspecified atom stereocenters. The largest absolute Gasteiger partial charge is 0.508 e. The average Bonchev–Trinajstić information content (AvgIpc) is 2.71. The Morgan fingerprint density at radius 3 is 2.93 bits per heavy atom. The molecular weight excluding hydrogens is 360 g/mol. The van der Waals surface area contributed by atoms with Crippen molar-refractivity contribution in [2.45, 2.75) is 19.1 Å². The smallest absolute Gasteiger partial charge is 0.351 e. The number of aromatic hydroxyl groups is 1. The Hall–Kier alpha value is -3.48. The molecule has 3 heterocycles. The Morgan fingerprint density at radius 2 is 2.04 bits per heavy atom. The molecule has 0 bridgehead atoms. The van der Waals surface area contributed by atoms with E-state index >= 15 is 0 Å². The average molecular weight is 378 g/mol. The fraction of sp³-hybridized carbons (Fsp3) is 0.238. The van der Waals surface area contributed by atoms with Gasteiger partial charge in [0.25, 0.3) is 0 Å². The Labute approximate surface area is 160 Å². The molecule has 2 aliphatic heterocycles. The minimum atomic E-state index is -0.350. The summed E-state index contributed by atoms with van der Waals surface area (Å²) < 4.78 is 19.0. The Bertz CT molecular complexity index is 1110. The second-order valence-electron chi connectivity index (χ2n) is 6.81. The minimum absolute atomic E-state index is 0.215. The molecule has 7 nitrogen and oxygen atoms in total. The van der Waals surface area contributed by atoms with Crippen LogP contribution in [0.4, 0.5) is 0 Å². The summed E-state index contributed by atoms with van der Waals surface area (Å²) in [6, 6.07) is 14.4. The summed E-state index contributed by atoms with van der Waals surface area (Å²) in [6.45, 7) is 1.10. The van der Waals surface area contributed by atoms with E-state index in [0.29, 0.717) is 31.1 Å². The predicted octanol–water partition coefficient (Wildman–Crippen LogP) is 2.39. The van der Waals surface area contributed by atoms with E-state index in [-0.39, 0.29) is 30.0 Å². The molecule has 0 saturated carbocycles. The highest BCUT2D eigenvalue weighted by Crippen LogP contribution is 2.33. The van der Waals surface area contributed by atoms with Gasteiger partial charge in [0.1, 0.15) is 19.0 Å². The molecular formula is C21H18N2O5. The molecule has 1 atom stereocenters. The Balaban J connectivity index is 1.38. The standard InChI is InChI=1S/C21H18N2O5/c24-14-5-6-16-13(9-14)7-8-23-17(16)10-20(22-21(23)25)27-12-15-11-26-18-3-1-2-4-19(18)28-15/h1-6,9-10,15,24H,7-8,11-12H2. The summed E-state index contributed by atoms with van der Waals surface area (Å²) in [7, 11) is 0. The van der Waals surface area contributed by atoms with Gasteiger partial charge in [-0.1, -0.05) is 12.1 Å². The highest BCUT2D eigenvalue weighted by Gasteiger charge is 2.23. The number of para-hydroxylation sites is 2. The summed E-state index contributed by atoms with van der Waals surface area (Å²) in [5.41, 5.74) is 2.29. The first-order chi connectivity index (χ1) is 13.7. The van der Waals surface area contributed by atoms with Crippen LogP contribution in [0, 0.1) is 0 Å². The van der Waals surface area contributed by atoms with Crippen LogP contribution in [0.15, 0.2) is 53.3 Å². The van der Waals surface area contributed by atoms with E-state index < -0.39 is 0 Å². The maximum Gasteiger partial charge on any atom is 0.351 e. The lowest BCUT2D eigenvalue weighted by Crippen LogP contribution is -2.35. The molecule has 0 saturated heterocycles. The first-order valence-corrected chi connectivity index (χ1v) is 9.13. The second kappa shape index (κ2) is 6.60. The van der Waals surface area contributed by atoms with Gasteiger partial charge in [-0.25, -0.2) is 4.79 Å². The van der Waals surface area contributed by atoms with Crippen LogP contribution in [0.2, 0.25) is 0 Å². The number of ether oxygens (including phenoxy) is 3. The summed E-state index contributed by atoms with van der Waals surface area (Å²) in [4.78, 5) is 16.5. The number of phenols is 1.